The number of hydrogen-bond donors (Lipinski definition) is 2. The number of thiazole rings is 1. The molecule has 7 nitrogen and oxygen atoms in total. The molecule has 0 saturated heterocycles. The fourth-order valence-electron chi connectivity index (χ4n) is 2.30. The Kier molecular flexibility index (Phi) is 5.64. The molecular formula is C14H21N5O2S. The highest BCUT2D eigenvalue weighted by Gasteiger charge is 2.27. The fraction of sp³-hybridized carbons (Fsp3) is 0.500. The number of methoxy groups -OCH3 is 1. The number of ether oxygens (including phenoxy) is 1. The normalized spacial score (nSPS) is 12.4. The monoisotopic (exact) mass is 323 g/mol. The molecule has 22 heavy (non-hydrogen) atoms. The standard InChI is InChI=1S/C14H21N5O2S/c1-9-12(10(2)18-17-9)13(15)14(20)19(5-6-21-3)8-11-16-4-7-22-11/h4,7,13H,5-6,8,15H2,1-3H3,(H,17,18). The van der Waals surface area contributed by atoms with Gasteiger partial charge in [0.2, 0.25) is 5.91 Å². The SMILES string of the molecule is COCCN(Cc1nccs1)C(=O)C(N)c1c(C)n[nH]c1C. The average molecular weight is 323 g/mol. The van der Waals surface area contributed by atoms with Crippen molar-refractivity contribution in [2.45, 2.75) is 26.4 Å². The van der Waals surface area contributed by atoms with Crippen molar-refractivity contribution in [2.75, 3.05) is 20.3 Å². The van der Waals surface area contributed by atoms with Crippen LogP contribution < -0.4 is 5.73 Å². The van der Waals surface area contributed by atoms with E-state index in [0.29, 0.717) is 19.7 Å². The summed E-state index contributed by atoms with van der Waals surface area (Å²) in [6, 6.07) is -0.740. The van der Waals surface area contributed by atoms with E-state index in [-0.39, 0.29) is 5.91 Å². The van der Waals surface area contributed by atoms with Gasteiger partial charge in [0.15, 0.2) is 0 Å². The molecule has 2 aromatic rings. The molecule has 0 fully saturated rings. The van der Waals surface area contributed by atoms with Gasteiger partial charge >= 0.3 is 0 Å². The van der Waals surface area contributed by atoms with Gasteiger partial charge in [0, 0.05) is 36.5 Å². The van der Waals surface area contributed by atoms with Crippen LogP contribution in [0.2, 0.25) is 0 Å². The summed E-state index contributed by atoms with van der Waals surface area (Å²) in [6.45, 7) is 5.06. The zero-order valence-electron chi connectivity index (χ0n) is 13.0. The van der Waals surface area contributed by atoms with Crippen LogP contribution in [0.1, 0.15) is 28.0 Å². The predicted octanol–water partition coefficient (Wildman–Crippen LogP) is 1.16. The molecule has 1 amide bonds. The van der Waals surface area contributed by atoms with E-state index < -0.39 is 6.04 Å². The van der Waals surface area contributed by atoms with Crippen molar-refractivity contribution in [1.29, 1.82) is 0 Å². The summed E-state index contributed by atoms with van der Waals surface area (Å²) in [5, 5.41) is 9.73. The number of amides is 1. The Labute approximate surface area is 133 Å². The van der Waals surface area contributed by atoms with E-state index in [1.807, 2.05) is 19.2 Å². The van der Waals surface area contributed by atoms with E-state index in [1.54, 1.807) is 18.2 Å². The van der Waals surface area contributed by atoms with Crippen molar-refractivity contribution in [3.63, 3.8) is 0 Å². The number of nitrogens with two attached hydrogens (primary N) is 1. The second-order valence-corrected chi connectivity index (χ2v) is 5.98. The van der Waals surface area contributed by atoms with Crippen LogP contribution in [0.25, 0.3) is 0 Å². The molecule has 8 heteroatoms. The van der Waals surface area contributed by atoms with Crippen LogP contribution in [0, 0.1) is 13.8 Å². The maximum atomic E-state index is 12.8. The van der Waals surface area contributed by atoms with E-state index >= 15 is 0 Å². The van der Waals surface area contributed by atoms with Crippen LogP contribution in [0.15, 0.2) is 11.6 Å². The molecule has 0 saturated carbocycles. The lowest BCUT2D eigenvalue weighted by molar-refractivity contribution is -0.134. The van der Waals surface area contributed by atoms with E-state index in [4.69, 9.17) is 10.5 Å². The first-order valence-corrected chi connectivity index (χ1v) is 7.85. The van der Waals surface area contributed by atoms with Crippen molar-refractivity contribution in [2.24, 2.45) is 5.73 Å². The molecule has 2 aromatic heterocycles. The molecule has 0 aromatic carbocycles. The Morgan fingerprint density at radius 1 is 1.55 bits per heavy atom. The van der Waals surface area contributed by atoms with Crippen LogP contribution in [0.5, 0.6) is 0 Å². The number of nitrogens with one attached hydrogen (secondary N) is 1. The smallest absolute Gasteiger partial charge is 0.244 e. The zero-order chi connectivity index (χ0) is 16.1. The number of aromatic amines is 1. The van der Waals surface area contributed by atoms with E-state index in [0.717, 1.165) is 22.0 Å². The molecule has 1 unspecified atom stereocenters. The average Bonchev–Trinajstić information content (AvgIpc) is 3.12. The van der Waals surface area contributed by atoms with Gasteiger partial charge in [-0.2, -0.15) is 5.10 Å². The van der Waals surface area contributed by atoms with Crippen LogP contribution in [-0.2, 0) is 16.1 Å². The first-order chi connectivity index (χ1) is 10.5. The third-order valence-electron chi connectivity index (χ3n) is 3.45. The van der Waals surface area contributed by atoms with Gasteiger partial charge in [-0.05, 0) is 13.8 Å². The molecule has 2 heterocycles. The van der Waals surface area contributed by atoms with E-state index in [1.165, 1.54) is 11.3 Å². The maximum absolute atomic E-state index is 12.8. The van der Waals surface area contributed by atoms with Crippen LogP contribution in [0.4, 0.5) is 0 Å². The number of hydrogen-bond acceptors (Lipinski definition) is 6. The van der Waals surface area contributed by atoms with E-state index in [9.17, 15) is 4.79 Å². The minimum absolute atomic E-state index is 0.153. The highest BCUT2D eigenvalue weighted by atomic mass is 32.1. The second-order valence-electron chi connectivity index (χ2n) is 5.00. The summed E-state index contributed by atoms with van der Waals surface area (Å²) in [7, 11) is 1.61. The molecular weight excluding hydrogens is 302 g/mol. The predicted molar refractivity (Wildman–Crippen MR) is 84.4 cm³/mol. The summed E-state index contributed by atoms with van der Waals surface area (Å²) in [4.78, 5) is 18.7. The molecule has 1 atom stereocenters. The molecule has 3 N–H and O–H groups in total. The Balaban J connectivity index is 2.17. The summed E-state index contributed by atoms with van der Waals surface area (Å²) >= 11 is 1.51. The fourth-order valence-corrected chi connectivity index (χ4v) is 2.93. The van der Waals surface area contributed by atoms with Gasteiger partial charge in [0.25, 0.3) is 0 Å². The molecule has 0 spiro atoms. The van der Waals surface area contributed by atoms with Gasteiger partial charge in [-0.15, -0.1) is 11.3 Å². The Morgan fingerprint density at radius 2 is 2.32 bits per heavy atom. The Hall–Kier alpha value is -1.77. The lowest BCUT2D eigenvalue weighted by Crippen LogP contribution is -2.40. The Bertz CT molecular complexity index is 591. The number of carbonyl (C=O) groups is 1. The number of nitrogens with zero attached hydrogens (tertiary/aromatic N) is 3. The molecule has 2 rings (SSSR count). The summed E-state index contributed by atoms with van der Waals surface area (Å²) in [5.74, 6) is -0.153. The molecule has 0 aliphatic heterocycles. The van der Waals surface area contributed by atoms with Crippen molar-refractivity contribution in [3.05, 3.63) is 33.5 Å². The van der Waals surface area contributed by atoms with Crippen molar-refractivity contribution in [1.82, 2.24) is 20.1 Å². The molecule has 0 aliphatic rings. The molecule has 0 bridgehead atoms. The van der Waals surface area contributed by atoms with Gasteiger partial charge in [-0.25, -0.2) is 4.98 Å². The first kappa shape index (κ1) is 16.6. The summed E-state index contributed by atoms with van der Waals surface area (Å²) < 4.78 is 5.09. The maximum Gasteiger partial charge on any atom is 0.244 e. The van der Waals surface area contributed by atoms with Crippen LogP contribution in [-0.4, -0.2) is 46.2 Å². The molecule has 0 radical (unpaired) electrons. The van der Waals surface area contributed by atoms with Crippen molar-refractivity contribution < 1.29 is 9.53 Å². The van der Waals surface area contributed by atoms with Crippen LogP contribution in [0.3, 0.4) is 0 Å². The number of aryl methyl sites for hydroxylation is 2. The Morgan fingerprint density at radius 3 is 2.86 bits per heavy atom. The minimum Gasteiger partial charge on any atom is -0.383 e. The molecule has 0 aliphatic carbocycles. The third-order valence-corrected chi connectivity index (χ3v) is 4.21. The highest BCUT2D eigenvalue weighted by Crippen LogP contribution is 2.21. The lowest BCUT2D eigenvalue weighted by Gasteiger charge is -2.25. The van der Waals surface area contributed by atoms with Gasteiger partial charge in [-0.1, -0.05) is 0 Å². The van der Waals surface area contributed by atoms with Crippen molar-refractivity contribution in [3.8, 4) is 0 Å². The van der Waals surface area contributed by atoms with E-state index in [2.05, 4.69) is 15.2 Å². The summed E-state index contributed by atoms with van der Waals surface area (Å²) in [5.41, 5.74) is 8.50. The van der Waals surface area contributed by atoms with Gasteiger partial charge in [-0.3, -0.25) is 9.89 Å². The lowest BCUT2D eigenvalue weighted by atomic mass is 10.0. The van der Waals surface area contributed by atoms with Crippen LogP contribution >= 0.6 is 11.3 Å². The third kappa shape index (κ3) is 3.70. The number of carbonyl (C=O) groups excluding carboxylic acids is 1. The molecule has 120 valence electrons. The largest absolute Gasteiger partial charge is 0.383 e. The van der Waals surface area contributed by atoms with Crippen molar-refractivity contribution >= 4 is 17.2 Å². The first-order valence-electron chi connectivity index (χ1n) is 6.97. The summed E-state index contributed by atoms with van der Waals surface area (Å²) in [6.07, 6.45) is 1.73. The quantitative estimate of drug-likeness (QED) is 0.797. The topological polar surface area (TPSA) is 97.1 Å². The second kappa shape index (κ2) is 7.48. The number of aromatic nitrogens is 3. The number of H-pyrrole nitrogens is 1. The zero-order valence-corrected chi connectivity index (χ0v) is 13.8. The van der Waals surface area contributed by atoms with Gasteiger partial charge in [0.05, 0.1) is 18.8 Å². The van der Waals surface area contributed by atoms with Gasteiger partial charge < -0.3 is 15.4 Å². The minimum atomic E-state index is -0.740. The highest BCUT2D eigenvalue weighted by molar-refractivity contribution is 7.09. The van der Waals surface area contributed by atoms with Gasteiger partial charge in [0.1, 0.15) is 11.0 Å². The number of rotatable bonds is 7.